The second-order valence-corrected chi connectivity index (χ2v) is 23.4. The summed E-state index contributed by atoms with van der Waals surface area (Å²) >= 11 is 1.57. The van der Waals surface area contributed by atoms with E-state index >= 15 is 0 Å². The predicted molar refractivity (Wildman–Crippen MR) is 291 cm³/mol. The van der Waals surface area contributed by atoms with Crippen molar-refractivity contribution < 1.29 is 53.5 Å². The number of aliphatic hydroxyl groups is 1. The van der Waals surface area contributed by atoms with Crippen LogP contribution in [0, 0.1) is 12.3 Å². The number of carbonyl (C=O) groups is 7. The zero-order chi connectivity index (χ0) is 55.8. The minimum absolute atomic E-state index is 0.00241. The number of nitrogens with one attached hydrogen (secondary N) is 4. The van der Waals surface area contributed by atoms with Crippen LogP contribution in [0.3, 0.4) is 0 Å². The molecule has 1 unspecified atom stereocenters. The molecule has 4 aromatic rings. The summed E-state index contributed by atoms with van der Waals surface area (Å²) in [6, 6.07) is 16.8. The molecule has 3 aliphatic heterocycles. The van der Waals surface area contributed by atoms with Crippen LogP contribution in [0.4, 0.5) is 15.3 Å². The molecule has 8 amide bonds. The number of ether oxygens (including phenoxy) is 2. The van der Waals surface area contributed by atoms with Crippen molar-refractivity contribution in [1.29, 1.82) is 0 Å². The lowest BCUT2D eigenvalue weighted by Crippen LogP contribution is -3.00. The Morgan fingerprint density at radius 3 is 2.26 bits per heavy atom. The fourth-order valence-electron chi connectivity index (χ4n) is 10.1. The van der Waals surface area contributed by atoms with Crippen LogP contribution in [0.25, 0.3) is 10.4 Å². The number of aryl methyl sites for hydroxylation is 3. The number of quaternary nitrogens is 1. The van der Waals surface area contributed by atoms with Crippen molar-refractivity contribution in [2.24, 2.45) is 11.1 Å². The van der Waals surface area contributed by atoms with E-state index in [0.717, 1.165) is 44.0 Å². The van der Waals surface area contributed by atoms with Gasteiger partial charge in [-0.15, -0.1) is 11.3 Å². The first-order valence-corrected chi connectivity index (χ1v) is 27.4. The number of anilines is 1. The van der Waals surface area contributed by atoms with Crippen LogP contribution in [0.5, 0.6) is 0 Å². The Morgan fingerprint density at radius 2 is 1.60 bits per heavy atom. The van der Waals surface area contributed by atoms with Crippen molar-refractivity contribution in [3.05, 3.63) is 106 Å². The molecule has 19 nitrogen and oxygen atoms in total. The molecule has 3 aliphatic rings. The molecule has 1 saturated heterocycles. The van der Waals surface area contributed by atoms with E-state index in [9.17, 15) is 38.7 Å². The average molecular weight is 1080 g/mol. The molecule has 9 N–H and O–H groups in total. The van der Waals surface area contributed by atoms with Crippen LogP contribution in [-0.4, -0.2) is 118 Å². The zero-order valence-corrected chi connectivity index (χ0v) is 46.3. The maximum absolute atomic E-state index is 14.3. The first-order chi connectivity index (χ1) is 36.4. The van der Waals surface area contributed by atoms with Crippen molar-refractivity contribution in [3.8, 4) is 10.4 Å². The van der Waals surface area contributed by atoms with E-state index in [2.05, 4.69) is 26.3 Å². The van der Waals surface area contributed by atoms with E-state index in [1.165, 1.54) is 15.1 Å². The Labute approximate surface area is 454 Å². The van der Waals surface area contributed by atoms with E-state index in [-0.39, 0.29) is 51.3 Å². The number of aliphatic hydroxyl groups excluding tert-OH is 1. The van der Waals surface area contributed by atoms with E-state index in [1.54, 1.807) is 32.1 Å². The summed E-state index contributed by atoms with van der Waals surface area (Å²) in [4.78, 5) is 103. The Hall–Kier alpha value is -6.74. The van der Waals surface area contributed by atoms with Crippen LogP contribution >= 0.6 is 11.3 Å². The molecule has 414 valence electrons. The van der Waals surface area contributed by atoms with Gasteiger partial charge in [-0.3, -0.25) is 34.2 Å². The van der Waals surface area contributed by atoms with Crippen molar-refractivity contribution in [3.63, 3.8) is 0 Å². The van der Waals surface area contributed by atoms with Gasteiger partial charge >= 0.3 is 12.1 Å². The standard InChI is InChI=1S/C57H75N9O10S/c1-33-48(77-32-61-33)39-20-18-36(19-21-39)29-60-50(69)44-28-41(67)30-65(44)53(72)49(56(3,4)5)64-54(73)59-26-10-11-35-14-16-37(17-15-35)31-75-34(2)42(24-25-46(58)68)62-51(70)45-27-40-13-9-12-38-22-23-43(52(71)66(45)47(38)40)63-55(74)76-57(6,7)8/h9,12-21,32,34,41-45,49,67H,10-11,22-31H2,1-8H3,(H2,58,68)(H,60,69)(H,62,70)(H,63,74)(H2,59,64,73)/p+1/t34-,41-,42+,43+,44+,45+,49?/m1/s1. The van der Waals surface area contributed by atoms with Gasteiger partial charge < -0.3 is 46.5 Å². The maximum Gasteiger partial charge on any atom is 0.413 e. The molecule has 20 heteroatoms. The molecule has 0 aliphatic carbocycles. The number of amides is 8. The average Bonchev–Trinajstić information content (AvgIpc) is 4.14. The maximum atomic E-state index is 14.3. The fraction of sp³-hybridized carbons (Fsp3) is 0.509. The lowest BCUT2D eigenvalue weighted by atomic mass is 9.85. The molecule has 7 atom stereocenters. The second-order valence-electron chi connectivity index (χ2n) is 22.5. The number of alkyl carbamates (subject to hydrolysis) is 1. The highest BCUT2D eigenvalue weighted by atomic mass is 32.1. The van der Waals surface area contributed by atoms with Gasteiger partial charge in [0, 0.05) is 44.3 Å². The van der Waals surface area contributed by atoms with Crippen molar-refractivity contribution in [1.82, 2.24) is 31.2 Å². The minimum Gasteiger partial charge on any atom is -0.444 e. The Kier molecular flexibility index (Phi) is 18.9. The Bertz CT molecular complexity index is 2770. The summed E-state index contributed by atoms with van der Waals surface area (Å²) in [5, 5.41) is 23.7. The third kappa shape index (κ3) is 15.3. The Morgan fingerprint density at radius 1 is 0.909 bits per heavy atom. The number of rotatable bonds is 20. The van der Waals surface area contributed by atoms with E-state index in [1.807, 2.05) is 107 Å². The topological polar surface area (TPSA) is 268 Å². The highest BCUT2D eigenvalue weighted by molar-refractivity contribution is 7.13. The number of nitrogens with zero attached hydrogens (tertiary/aromatic N) is 3. The highest BCUT2D eigenvalue weighted by Crippen LogP contribution is 2.39. The monoisotopic (exact) mass is 1080 g/mol. The summed E-state index contributed by atoms with van der Waals surface area (Å²) < 4.78 is 11.7. The number of thiazole rings is 1. The first-order valence-electron chi connectivity index (χ1n) is 26.6. The van der Waals surface area contributed by atoms with Gasteiger partial charge in [0.2, 0.25) is 23.6 Å². The lowest BCUT2D eigenvalue weighted by Gasteiger charge is -2.32. The number of aromatic nitrogens is 1. The van der Waals surface area contributed by atoms with Crippen molar-refractivity contribution in [2.75, 3.05) is 18.0 Å². The van der Waals surface area contributed by atoms with Crippen LogP contribution in [0.15, 0.2) is 72.2 Å². The molecule has 0 radical (unpaired) electrons. The fourth-order valence-corrected chi connectivity index (χ4v) is 10.9. The number of urea groups is 1. The Balaban J connectivity index is 0.875. The van der Waals surface area contributed by atoms with E-state index in [4.69, 9.17) is 15.2 Å². The summed E-state index contributed by atoms with van der Waals surface area (Å²) in [5.74, 6) is -2.12. The SMILES string of the molecule is Cc1ncsc1-c1ccc(CNC(=O)[C@@H]2C[C@@H](O)CN2C(=O)C([NH2+]C(=O)NCCCc2ccc(CO[C@H](C)[C@H](CCC(N)=O)NC(=O)[C@@H]3Cc4cccc5c4N3C(=O)[C@@H](NC(=O)OC(C)(C)C)CC5)cc2)C(C)(C)C)cc1. The number of nitrogens with two attached hydrogens (primary N) is 2. The van der Waals surface area contributed by atoms with Crippen molar-refractivity contribution in [2.45, 2.75) is 168 Å². The van der Waals surface area contributed by atoms with Crippen LogP contribution in [0.1, 0.15) is 114 Å². The third-order valence-electron chi connectivity index (χ3n) is 14.3. The van der Waals surface area contributed by atoms with Crippen LogP contribution < -0.4 is 37.2 Å². The summed E-state index contributed by atoms with van der Waals surface area (Å²) in [5.41, 5.74) is 13.2. The van der Waals surface area contributed by atoms with Gasteiger partial charge in [-0.05, 0) is 100 Å². The number of carbonyl (C=O) groups excluding carboxylic acids is 7. The van der Waals surface area contributed by atoms with Gasteiger partial charge in [0.25, 0.3) is 5.91 Å². The predicted octanol–water partition coefficient (Wildman–Crippen LogP) is 4.47. The zero-order valence-electron chi connectivity index (χ0n) is 45.5. The van der Waals surface area contributed by atoms with E-state index in [0.29, 0.717) is 37.9 Å². The van der Waals surface area contributed by atoms with Crippen LogP contribution in [-0.2, 0) is 65.9 Å². The molecule has 3 aromatic carbocycles. The van der Waals surface area contributed by atoms with Gasteiger partial charge in [0.15, 0.2) is 6.04 Å². The molecule has 77 heavy (non-hydrogen) atoms. The smallest absolute Gasteiger partial charge is 0.413 e. The second kappa shape index (κ2) is 25.2. The molecular weight excluding hydrogens is 1000 g/mol. The van der Waals surface area contributed by atoms with Crippen molar-refractivity contribution >= 4 is 58.7 Å². The van der Waals surface area contributed by atoms with Gasteiger partial charge in [-0.2, -0.15) is 0 Å². The van der Waals surface area contributed by atoms with Gasteiger partial charge in [0.1, 0.15) is 23.7 Å². The molecule has 4 heterocycles. The normalized spacial score (nSPS) is 19.4. The largest absolute Gasteiger partial charge is 0.444 e. The van der Waals surface area contributed by atoms with Crippen LogP contribution in [0.2, 0.25) is 0 Å². The number of benzene rings is 3. The van der Waals surface area contributed by atoms with E-state index < -0.39 is 89.2 Å². The number of hydrogen-bond donors (Lipinski definition) is 7. The number of primary amides is 2. The molecule has 0 saturated carbocycles. The molecular formula is C57H76N9O10S+. The highest BCUT2D eigenvalue weighted by Gasteiger charge is 2.48. The summed E-state index contributed by atoms with van der Waals surface area (Å²) in [6.07, 6.45) is 0.536. The summed E-state index contributed by atoms with van der Waals surface area (Å²) in [7, 11) is 0. The summed E-state index contributed by atoms with van der Waals surface area (Å²) in [6.45, 7) is 15.4. The quantitative estimate of drug-likeness (QED) is 0.0607. The molecule has 0 spiro atoms. The van der Waals surface area contributed by atoms with Gasteiger partial charge in [0.05, 0.1) is 46.6 Å². The first kappa shape index (κ1) is 58.0. The molecule has 1 fully saturated rings. The third-order valence-corrected chi connectivity index (χ3v) is 15.3. The number of likely N-dealkylation sites (tertiary alicyclic amines) is 1. The number of para-hydroxylation sites is 1. The number of hydrogen-bond acceptors (Lipinski definition) is 12. The van der Waals surface area contributed by atoms with Gasteiger partial charge in [-0.1, -0.05) is 87.5 Å². The van der Waals surface area contributed by atoms with Gasteiger partial charge in [-0.25, -0.2) is 14.6 Å². The number of β-amino-alcohol motifs (C(OH)–C–C–N with tert-alkyl or cyclic N) is 1. The minimum atomic E-state index is -0.912. The molecule has 7 rings (SSSR count). The lowest BCUT2D eigenvalue weighted by molar-refractivity contribution is -0.597. The molecule has 1 aromatic heterocycles. The molecule has 0 bridgehead atoms.